The minimum atomic E-state index is -1.76. The van der Waals surface area contributed by atoms with Crippen molar-refractivity contribution in [3.63, 3.8) is 0 Å². The van der Waals surface area contributed by atoms with Gasteiger partial charge in [0.2, 0.25) is 5.60 Å². The molecule has 2 aliphatic heterocycles. The van der Waals surface area contributed by atoms with E-state index in [4.69, 9.17) is 4.74 Å². The summed E-state index contributed by atoms with van der Waals surface area (Å²) in [5.41, 5.74) is -0.139. The van der Waals surface area contributed by atoms with E-state index >= 15 is 4.39 Å². The summed E-state index contributed by atoms with van der Waals surface area (Å²) < 4.78 is 52.5. The Morgan fingerprint density at radius 3 is 2.76 bits per heavy atom. The molecule has 3 unspecified atom stereocenters. The lowest BCUT2D eigenvalue weighted by molar-refractivity contribution is -0.0824. The molecule has 3 atom stereocenters. The minimum Gasteiger partial charge on any atom is -0.470 e. The maximum absolute atomic E-state index is 15.4. The highest BCUT2D eigenvalue weighted by atomic mass is 19.1. The van der Waals surface area contributed by atoms with E-state index in [1.165, 1.54) is 0 Å². The molecule has 1 spiro atoms. The fraction of sp³-hybridized carbons (Fsp3) is 0.250. The highest BCUT2D eigenvalue weighted by Gasteiger charge is 2.66. The Kier molecular flexibility index (Phi) is 2.95. The second-order valence-electron chi connectivity index (χ2n) is 7.45. The Labute approximate surface area is 162 Å². The zero-order chi connectivity index (χ0) is 20.1. The number of para-hydroxylation sites is 1. The standard InChI is InChI=1S/C20H14F3N5O/c1-9-20(17(23)12-7-10(21)8-13(22)16(12)29-20)19-25-24-18(28(9)19)15-11-5-3-4-6-14(11)27(2)26-15/h3-9,17H,1-2H3. The molecule has 6 nitrogen and oxygen atoms in total. The molecule has 0 amide bonds. The Bertz CT molecular complexity index is 1330. The average Bonchev–Trinajstić information content (AvgIpc) is 3.35. The number of fused-ring (bicyclic) bond motifs is 4. The van der Waals surface area contributed by atoms with E-state index in [0.29, 0.717) is 17.6 Å². The van der Waals surface area contributed by atoms with Crippen LogP contribution in [0.3, 0.4) is 0 Å². The third-order valence-electron chi connectivity index (χ3n) is 5.98. The number of ether oxygens (including phenoxy) is 1. The normalized spacial score (nSPS) is 24.4. The molecule has 2 aromatic carbocycles. The van der Waals surface area contributed by atoms with Gasteiger partial charge in [0.05, 0.1) is 11.6 Å². The molecule has 0 saturated heterocycles. The van der Waals surface area contributed by atoms with Crippen molar-refractivity contribution in [3.05, 3.63) is 59.4 Å². The molecule has 0 fully saturated rings. The molecule has 2 aliphatic rings. The van der Waals surface area contributed by atoms with E-state index < -0.39 is 29.4 Å². The second-order valence-corrected chi connectivity index (χ2v) is 7.45. The van der Waals surface area contributed by atoms with E-state index in [2.05, 4.69) is 15.3 Å². The third kappa shape index (κ3) is 1.81. The number of aromatic nitrogens is 5. The van der Waals surface area contributed by atoms with Crippen LogP contribution in [0.15, 0.2) is 36.4 Å². The number of rotatable bonds is 1. The van der Waals surface area contributed by atoms with Gasteiger partial charge in [-0.2, -0.15) is 5.10 Å². The van der Waals surface area contributed by atoms with Crippen LogP contribution in [0.25, 0.3) is 22.4 Å². The second kappa shape index (κ2) is 5.16. The summed E-state index contributed by atoms with van der Waals surface area (Å²) in [5, 5.41) is 13.8. The summed E-state index contributed by atoms with van der Waals surface area (Å²) in [6, 6.07) is 8.79. The first-order valence-corrected chi connectivity index (χ1v) is 9.13. The number of aryl methyl sites for hydroxylation is 1. The van der Waals surface area contributed by atoms with Crippen molar-refractivity contribution in [3.8, 4) is 17.3 Å². The number of halogens is 3. The molecule has 29 heavy (non-hydrogen) atoms. The highest BCUT2D eigenvalue weighted by molar-refractivity contribution is 5.91. The van der Waals surface area contributed by atoms with Gasteiger partial charge in [0, 0.05) is 24.1 Å². The molecule has 4 heterocycles. The fourth-order valence-electron chi connectivity index (χ4n) is 4.56. The largest absolute Gasteiger partial charge is 0.470 e. The van der Waals surface area contributed by atoms with E-state index in [-0.39, 0.29) is 17.1 Å². The smallest absolute Gasteiger partial charge is 0.224 e. The van der Waals surface area contributed by atoms with Gasteiger partial charge in [-0.05, 0) is 19.1 Å². The molecule has 9 heteroatoms. The van der Waals surface area contributed by atoms with Crippen molar-refractivity contribution in [1.29, 1.82) is 0 Å². The number of alkyl halides is 1. The van der Waals surface area contributed by atoms with Gasteiger partial charge in [-0.15, -0.1) is 10.2 Å². The molecule has 146 valence electrons. The summed E-state index contributed by atoms with van der Waals surface area (Å²) in [6.07, 6.45) is -1.76. The van der Waals surface area contributed by atoms with Crippen LogP contribution in [0.1, 0.15) is 30.5 Å². The van der Waals surface area contributed by atoms with E-state index in [9.17, 15) is 8.78 Å². The first kappa shape index (κ1) is 16.6. The van der Waals surface area contributed by atoms with Crippen LogP contribution in [-0.2, 0) is 12.6 Å². The van der Waals surface area contributed by atoms with E-state index in [0.717, 1.165) is 17.0 Å². The van der Waals surface area contributed by atoms with Crippen molar-refractivity contribution in [2.75, 3.05) is 0 Å². The third-order valence-corrected chi connectivity index (χ3v) is 5.98. The topological polar surface area (TPSA) is 57.8 Å². The van der Waals surface area contributed by atoms with E-state index in [1.807, 2.05) is 31.3 Å². The van der Waals surface area contributed by atoms with Crippen molar-refractivity contribution in [1.82, 2.24) is 24.5 Å². The van der Waals surface area contributed by atoms with Crippen LogP contribution in [0.5, 0.6) is 5.75 Å². The van der Waals surface area contributed by atoms with Crippen molar-refractivity contribution >= 4 is 10.9 Å². The molecular formula is C20H14F3N5O. The molecule has 0 radical (unpaired) electrons. The van der Waals surface area contributed by atoms with Gasteiger partial charge in [-0.3, -0.25) is 9.25 Å². The molecule has 0 saturated carbocycles. The first-order chi connectivity index (χ1) is 13.9. The molecule has 2 aromatic heterocycles. The lowest BCUT2D eigenvalue weighted by Crippen LogP contribution is -2.53. The Hall–Kier alpha value is -3.36. The van der Waals surface area contributed by atoms with Crippen molar-refractivity contribution in [2.45, 2.75) is 24.7 Å². The number of hydrogen-bond donors (Lipinski definition) is 0. The lowest BCUT2D eigenvalue weighted by atomic mass is 9.81. The number of hydrogen-bond acceptors (Lipinski definition) is 4. The van der Waals surface area contributed by atoms with Crippen LogP contribution in [0, 0.1) is 11.6 Å². The van der Waals surface area contributed by atoms with Crippen LogP contribution in [0.2, 0.25) is 0 Å². The fourth-order valence-corrected chi connectivity index (χ4v) is 4.56. The first-order valence-electron chi connectivity index (χ1n) is 9.13. The van der Waals surface area contributed by atoms with Crippen molar-refractivity contribution in [2.24, 2.45) is 7.05 Å². The quantitative estimate of drug-likeness (QED) is 0.488. The van der Waals surface area contributed by atoms with Gasteiger partial charge in [-0.25, -0.2) is 13.2 Å². The minimum absolute atomic E-state index is 0.145. The Balaban J connectivity index is 1.52. The van der Waals surface area contributed by atoms with Crippen molar-refractivity contribution < 1.29 is 17.9 Å². The molecule has 0 N–H and O–H groups in total. The summed E-state index contributed by atoms with van der Waals surface area (Å²) in [6.45, 7) is 1.75. The predicted octanol–water partition coefficient (Wildman–Crippen LogP) is 3.98. The zero-order valence-corrected chi connectivity index (χ0v) is 15.4. The zero-order valence-electron chi connectivity index (χ0n) is 15.4. The van der Waals surface area contributed by atoms with Gasteiger partial charge >= 0.3 is 0 Å². The maximum Gasteiger partial charge on any atom is 0.224 e. The summed E-state index contributed by atoms with van der Waals surface area (Å²) in [7, 11) is 1.83. The van der Waals surface area contributed by atoms with Gasteiger partial charge in [0.15, 0.2) is 29.4 Å². The highest BCUT2D eigenvalue weighted by Crippen LogP contribution is 2.62. The molecule has 0 bridgehead atoms. The number of nitrogens with zero attached hydrogens (tertiary/aromatic N) is 5. The van der Waals surface area contributed by atoms with Gasteiger partial charge in [0.1, 0.15) is 11.5 Å². The summed E-state index contributed by atoms with van der Waals surface area (Å²) in [5.74, 6) is -1.34. The van der Waals surface area contributed by atoms with Gasteiger partial charge in [0.25, 0.3) is 0 Å². The SMILES string of the molecule is CC1n2c(-c3nn(C)c4ccccc34)nnc2C12Oc1c(F)cc(F)cc1C2F. The van der Waals surface area contributed by atoms with Gasteiger partial charge in [-0.1, -0.05) is 18.2 Å². The molecule has 4 aromatic rings. The van der Waals surface area contributed by atoms with Gasteiger partial charge < -0.3 is 4.74 Å². The molecular weight excluding hydrogens is 383 g/mol. The van der Waals surface area contributed by atoms with Crippen LogP contribution in [0.4, 0.5) is 13.2 Å². The van der Waals surface area contributed by atoms with Crippen LogP contribution in [-0.4, -0.2) is 24.5 Å². The van der Waals surface area contributed by atoms with Crippen LogP contribution >= 0.6 is 0 Å². The lowest BCUT2D eigenvalue weighted by Gasteiger charge is -2.45. The number of benzene rings is 2. The van der Waals surface area contributed by atoms with E-state index in [1.54, 1.807) is 16.2 Å². The Morgan fingerprint density at radius 2 is 1.93 bits per heavy atom. The molecule has 0 aliphatic carbocycles. The summed E-state index contributed by atoms with van der Waals surface area (Å²) >= 11 is 0. The molecule has 6 rings (SSSR count). The predicted molar refractivity (Wildman–Crippen MR) is 97.0 cm³/mol. The van der Waals surface area contributed by atoms with Crippen LogP contribution < -0.4 is 4.74 Å². The summed E-state index contributed by atoms with van der Waals surface area (Å²) in [4.78, 5) is 0. The average molecular weight is 397 g/mol. The maximum atomic E-state index is 15.4. The Morgan fingerprint density at radius 1 is 1.14 bits per heavy atom. The monoisotopic (exact) mass is 397 g/mol.